The first-order valence-electron chi connectivity index (χ1n) is 6.66. The van der Waals surface area contributed by atoms with Gasteiger partial charge in [-0.3, -0.25) is 0 Å². The van der Waals surface area contributed by atoms with Crippen molar-refractivity contribution in [3.8, 4) is 6.07 Å². The van der Waals surface area contributed by atoms with Crippen LogP contribution in [0.15, 0.2) is 24.3 Å². The topological polar surface area (TPSA) is 65.7 Å². The summed E-state index contributed by atoms with van der Waals surface area (Å²) in [6.07, 6.45) is 1.66. The molecule has 0 saturated carbocycles. The van der Waals surface area contributed by atoms with E-state index < -0.39 is 0 Å². The second-order valence-electron chi connectivity index (χ2n) is 4.43. The Morgan fingerprint density at radius 2 is 1.90 bits per heavy atom. The number of rotatable bonds is 4. The lowest BCUT2D eigenvalue weighted by Gasteiger charge is -2.17. The summed E-state index contributed by atoms with van der Waals surface area (Å²) in [5.74, 6) is 0.550. The van der Waals surface area contributed by atoms with E-state index in [1.165, 1.54) is 0 Å². The lowest BCUT2D eigenvalue weighted by molar-refractivity contribution is 0.810. The Hall–Kier alpha value is -2.48. The van der Waals surface area contributed by atoms with E-state index in [2.05, 4.69) is 28.2 Å². The molecule has 0 amide bonds. The Morgan fingerprint density at radius 3 is 2.55 bits per heavy atom. The molecular formula is C15H17N5. The highest BCUT2D eigenvalue weighted by molar-refractivity contribution is 5.58. The van der Waals surface area contributed by atoms with E-state index >= 15 is 0 Å². The van der Waals surface area contributed by atoms with Gasteiger partial charge >= 0.3 is 0 Å². The molecule has 0 atom stereocenters. The molecule has 0 N–H and O–H groups in total. The maximum atomic E-state index is 8.95. The largest absolute Gasteiger partial charge is 0.312 e. The monoisotopic (exact) mass is 267 g/mol. The Balaban J connectivity index is 2.37. The first-order chi connectivity index (χ1) is 9.69. The molecule has 2 aromatic rings. The van der Waals surface area contributed by atoms with E-state index in [1.54, 1.807) is 6.07 Å². The quantitative estimate of drug-likeness (QED) is 0.852. The molecule has 1 heterocycles. The van der Waals surface area contributed by atoms with Crippen LogP contribution >= 0.6 is 0 Å². The minimum Gasteiger partial charge on any atom is -0.312 e. The van der Waals surface area contributed by atoms with Crippen LogP contribution in [0.1, 0.15) is 30.8 Å². The Kier molecular flexibility index (Phi) is 4.26. The van der Waals surface area contributed by atoms with Gasteiger partial charge in [0.15, 0.2) is 0 Å². The summed E-state index contributed by atoms with van der Waals surface area (Å²) < 4.78 is 0. The van der Waals surface area contributed by atoms with Gasteiger partial charge in [-0.1, -0.05) is 19.9 Å². The normalized spacial score (nSPS) is 10.1. The van der Waals surface area contributed by atoms with Crippen LogP contribution in [0, 0.1) is 11.3 Å². The summed E-state index contributed by atoms with van der Waals surface area (Å²) in [7, 11) is 1.87. The van der Waals surface area contributed by atoms with Gasteiger partial charge in [0.25, 0.3) is 0 Å². The molecule has 20 heavy (non-hydrogen) atoms. The fraction of sp³-hybridized carbons (Fsp3) is 0.333. The Labute approximate surface area is 118 Å². The number of nitriles is 1. The predicted octanol–water partition coefficient (Wildman–Crippen LogP) is 2.64. The van der Waals surface area contributed by atoms with E-state index in [0.717, 1.165) is 29.9 Å². The molecule has 1 aromatic carbocycles. The van der Waals surface area contributed by atoms with Crippen LogP contribution in [-0.2, 0) is 12.8 Å². The summed E-state index contributed by atoms with van der Waals surface area (Å²) in [4.78, 5) is 6.40. The third kappa shape index (κ3) is 2.75. The minimum atomic E-state index is 0.550. The van der Waals surface area contributed by atoms with Crippen molar-refractivity contribution >= 4 is 11.6 Å². The summed E-state index contributed by atoms with van der Waals surface area (Å²) in [5, 5.41) is 17.4. The van der Waals surface area contributed by atoms with Crippen LogP contribution in [0.4, 0.5) is 11.6 Å². The second kappa shape index (κ2) is 6.11. The number of hydrogen-bond acceptors (Lipinski definition) is 5. The van der Waals surface area contributed by atoms with Gasteiger partial charge in [-0.05, 0) is 31.0 Å². The number of aromatic nitrogens is 3. The molecule has 5 nitrogen and oxygen atoms in total. The highest BCUT2D eigenvalue weighted by Crippen LogP contribution is 2.21. The van der Waals surface area contributed by atoms with E-state index in [1.807, 2.05) is 37.1 Å². The first kappa shape index (κ1) is 13.9. The maximum absolute atomic E-state index is 8.95. The predicted molar refractivity (Wildman–Crippen MR) is 77.8 cm³/mol. The maximum Gasteiger partial charge on any atom is 0.249 e. The highest BCUT2D eigenvalue weighted by atomic mass is 15.3. The molecule has 0 fully saturated rings. The molecule has 102 valence electrons. The van der Waals surface area contributed by atoms with Crippen molar-refractivity contribution in [2.45, 2.75) is 26.7 Å². The van der Waals surface area contributed by atoms with Gasteiger partial charge in [0.1, 0.15) is 0 Å². The molecule has 0 aliphatic rings. The van der Waals surface area contributed by atoms with Crippen molar-refractivity contribution < 1.29 is 0 Å². The van der Waals surface area contributed by atoms with Gasteiger partial charge in [-0.15, -0.1) is 10.2 Å². The molecule has 0 aliphatic heterocycles. The second-order valence-corrected chi connectivity index (χ2v) is 4.43. The van der Waals surface area contributed by atoms with Crippen molar-refractivity contribution in [1.29, 1.82) is 5.26 Å². The van der Waals surface area contributed by atoms with Crippen LogP contribution in [-0.4, -0.2) is 22.2 Å². The zero-order valence-electron chi connectivity index (χ0n) is 12.0. The van der Waals surface area contributed by atoms with Crippen LogP contribution in [0.5, 0.6) is 0 Å². The van der Waals surface area contributed by atoms with Crippen LogP contribution in [0.2, 0.25) is 0 Å². The molecule has 5 heteroatoms. The van der Waals surface area contributed by atoms with Gasteiger partial charge in [-0.25, -0.2) is 4.98 Å². The third-order valence-electron chi connectivity index (χ3n) is 3.16. The average Bonchev–Trinajstić information content (AvgIpc) is 2.53. The van der Waals surface area contributed by atoms with Crippen molar-refractivity contribution in [3.05, 3.63) is 41.2 Å². The van der Waals surface area contributed by atoms with Crippen LogP contribution in [0.3, 0.4) is 0 Å². The summed E-state index contributed by atoms with van der Waals surface area (Å²) in [5.41, 5.74) is 3.40. The number of benzene rings is 1. The number of aryl methyl sites for hydroxylation is 2. The molecule has 0 aliphatic carbocycles. The molecule has 0 bridgehead atoms. The minimum absolute atomic E-state index is 0.550. The fourth-order valence-corrected chi connectivity index (χ4v) is 1.97. The smallest absolute Gasteiger partial charge is 0.249 e. The zero-order chi connectivity index (χ0) is 14.5. The molecule has 0 saturated heterocycles. The summed E-state index contributed by atoms with van der Waals surface area (Å²) >= 11 is 0. The first-order valence-corrected chi connectivity index (χ1v) is 6.66. The standard InChI is InChI=1S/C15H17N5/c1-4-13-14(5-2)18-19-15(17-13)20(3)12-8-6-7-11(9-12)10-16/h6-9H,4-5H2,1-3H3. The van der Waals surface area contributed by atoms with Crippen molar-refractivity contribution in [3.63, 3.8) is 0 Å². The average molecular weight is 267 g/mol. The van der Waals surface area contributed by atoms with Gasteiger partial charge in [0.2, 0.25) is 5.95 Å². The van der Waals surface area contributed by atoms with Gasteiger partial charge in [0.05, 0.1) is 23.0 Å². The summed E-state index contributed by atoms with van der Waals surface area (Å²) in [6, 6.07) is 9.48. The molecular weight excluding hydrogens is 250 g/mol. The van der Waals surface area contributed by atoms with E-state index in [0.29, 0.717) is 11.5 Å². The van der Waals surface area contributed by atoms with Crippen molar-refractivity contribution in [1.82, 2.24) is 15.2 Å². The van der Waals surface area contributed by atoms with E-state index in [-0.39, 0.29) is 0 Å². The molecule has 0 radical (unpaired) electrons. The lowest BCUT2D eigenvalue weighted by atomic mass is 10.2. The van der Waals surface area contributed by atoms with Gasteiger partial charge < -0.3 is 4.90 Å². The van der Waals surface area contributed by atoms with Crippen molar-refractivity contribution in [2.75, 3.05) is 11.9 Å². The number of nitrogens with zero attached hydrogens (tertiary/aromatic N) is 5. The number of anilines is 2. The summed E-state index contributed by atoms with van der Waals surface area (Å²) in [6.45, 7) is 4.11. The van der Waals surface area contributed by atoms with Crippen molar-refractivity contribution in [2.24, 2.45) is 0 Å². The zero-order valence-corrected chi connectivity index (χ0v) is 12.0. The van der Waals surface area contributed by atoms with Gasteiger partial charge in [0, 0.05) is 12.7 Å². The number of hydrogen-bond donors (Lipinski definition) is 0. The highest BCUT2D eigenvalue weighted by Gasteiger charge is 2.11. The Bertz CT molecular complexity index is 645. The van der Waals surface area contributed by atoms with Crippen LogP contribution < -0.4 is 4.90 Å². The molecule has 2 rings (SSSR count). The van der Waals surface area contributed by atoms with E-state index in [9.17, 15) is 0 Å². The SMILES string of the molecule is CCc1nnc(N(C)c2cccc(C#N)c2)nc1CC. The Morgan fingerprint density at radius 1 is 1.15 bits per heavy atom. The lowest BCUT2D eigenvalue weighted by Crippen LogP contribution is -2.16. The fourth-order valence-electron chi connectivity index (χ4n) is 1.97. The van der Waals surface area contributed by atoms with Gasteiger partial charge in [-0.2, -0.15) is 5.26 Å². The molecule has 0 spiro atoms. The molecule has 1 aromatic heterocycles. The van der Waals surface area contributed by atoms with Crippen LogP contribution in [0.25, 0.3) is 0 Å². The molecule has 0 unspecified atom stereocenters. The van der Waals surface area contributed by atoms with E-state index in [4.69, 9.17) is 5.26 Å². The third-order valence-corrected chi connectivity index (χ3v) is 3.16.